The van der Waals surface area contributed by atoms with Gasteiger partial charge in [-0.1, -0.05) is 61.4 Å². The summed E-state index contributed by atoms with van der Waals surface area (Å²) >= 11 is 1.41. The Morgan fingerprint density at radius 3 is 2.17 bits per heavy atom. The van der Waals surface area contributed by atoms with E-state index in [1.165, 1.54) is 24.6 Å². The summed E-state index contributed by atoms with van der Waals surface area (Å²) in [5.41, 5.74) is 4.46. The van der Waals surface area contributed by atoms with E-state index in [1.807, 2.05) is 41.3 Å². The van der Waals surface area contributed by atoms with Crippen LogP contribution in [-0.2, 0) is 14.3 Å². The maximum atomic E-state index is 12.5. The van der Waals surface area contributed by atoms with E-state index in [0.717, 1.165) is 48.2 Å². The van der Waals surface area contributed by atoms with Crippen molar-refractivity contribution in [2.45, 2.75) is 44.1 Å². The Morgan fingerprint density at radius 2 is 1.57 bits per heavy atom. The van der Waals surface area contributed by atoms with Gasteiger partial charge in [-0.05, 0) is 47.3 Å². The number of thioether (sulfide) groups is 1. The van der Waals surface area contributed by atoms with Crippen LogP contribution in [0.25, 0.3) is 11.1 Å². The van der Waals surface area contributed by atoms with Crippen LogP contribution in [0.2, 0.25) is 0 Å². The highest BCUT2D eigenvalue weighted by molar-refractivity contribution is 7.99. The Hall–Kier alpha value is -3.00. The van der Waals surface area contributed by atoms with Gasteiger partial charge in [0.1, 0.15) is 12.6 Å². The minimum absolute atomic E-state index is 0.0861. The van der Waals surface area contributed by atoms with Crippen LogP contribution in [0.15, 0.2) is 48.5 Å². The van der Waals surface area contributed by atoms with Gasteiger partial charge < -0.3 is 20.1 Å². The number of amides is 2. The predicted molar refractivity (Wildman–Crippen MR) is 137 cm³/mol. The lowest BCUT2D eigenvalue weighted by Crippen LogP contribution is -2.42. The number of nitrogens with one attached hydrogen (secondary N) is 1. The summed E-state index contributed by atoms with van der Waals surface area (Å²) in [5, 5.41) is 12.0. The molecule has 186 valence electrons. The number of nitrogens with zero attached hydrogens (tertiary/aromatic N) is 1. The van der Waals surface area contributed by atoms with Crippen molar-refractivity contribution in [3.05, 3.63) is 59.7 Å². The maximum absolute atomic E-state index is 12.5. The van der Waals surface area contributed by atoms with Crippen molar-refractivity contribution in [3.63, 3.8) is 0 Å². The molecule has 1 unspecified atom stereocenters. The summed E-state index contributed by atoms with van der Waals surface area (Å²) in [7, 11) is 0. The van der Waals surface area contributed by atoms with Gasteiger partial charge in [0.15, 0.2) is 0 Å². The molecule has 2 aromatic rings. The second kappa shape index (κ2) is 12.1. The zero-order chi connectivity index (χ0) is 24.6. The highest BCUT2D eigenvalue weighted by atomic mass is 32.2. The lowest BCUT2D eigenvalue weighted by atomic mass is 9.98. The molecule has 7 nitrogen and oxygen atoms in total. The number of hydrogen-bond donors (Lipinski definition) is 2. The van der Waals surface area contributed by atoms with Crippen molar-refractivity contribution < 1.29 is 24.2 Å². The quantitative estimate of drug-likeness (QED) is 0.496. The highest BCUT2D eigenvalue weighted by Crippen LogP contribution is 2.44. The van der Waals surface area contributed by atoms with E-state index < -0.39 is 18.1 Å². The van der Waals surface area contributed by atoms with Gasteiger partial charge in [0.2, 0.25) is 5.91 Å². The number of likely N-dealkylation sites (tertiary alicyclic amines) is 1. The van der Waals surface area contributed by atoms with Gasteiger partial charge in [0, 0.05) is 19.0 Å². The van der Waals surface area contributed by atoms with Crippen molar-refractivity contribution in [2.75, 3.05) is 31.2 Å². The number of benzene rings is 2. The topological polar surface area (TPSA) is 95.9 Å². The smallest absolute Gasteiger partial charge is 0.407 e. The first-order valence-electron chi connectivity index (χ1n) is 12.2. The third-order valence-corrected chi connectivity index (χ3v) is 7.64. The third-order valence-electron chi connectivity index (χ3n) is 6.67. The molecule has 1 aliphatic carbocycles. The van der Waals surface area contributed by atoms with E-state index in [9.17, 15) is 19.5 Å². The van der Waals surface area contributed by atoms with Gasteiger partial charge in [0.25, 0.3) is 0 Å². The average molecular weight is 497 g/mol. The summed E-state index contributed by atoms with van der Waals surface area (Å²) in [6, 6.07) is 15.0. The Bertz CT molecular complexity index is 1010. The summed E-state index contributed by atoms with van der Waals surface area (Å²) in [5.74, 6) is -0.305. The first-order chi connectivity index (χ1) is 17.0. The third kappa shape index (κ3) is 6.36. The molecule has 2 aliphatic rings. The van der Waals surface area contributed by atoms with Crippen LogP contribution in [0.1, 0.15) is 49.1 Å². The number of aliphatic carboxylic acids is 1. The maximum Gasteiger partial charge on any atom is 0.407 e. The normalized spacial score (nSPS) is 16.1. The van der Waals surface area contributed by atoms with Crippen molar-refractivity contribution in [1.82, 2.24) is 10.2 Å². The molecule has 35 heavy (non-hydrogen) atoms. The van der Waals surface area contributed by atoms with Crippen molar-refractivity contribution in [1.29, 1.82) is 0 Å². The number of hydrogen-bond acceptors (Lipinski definition) is 5. The standard InChI is InChI=1S/C27H32N2O5S/c30-25(29-14-7-1-2-8-15-29)18-35-16-13-24(26(31)32)28-27(33)34-17-23-21-11-5-3-9-19(21)20-10-4-6-12-22(20)23/h3-6,9-12,23-24H,1-2,7-8,13-18H2,(H,28,33)(H,31,32). The van der Waals surface area contributed by atoms with E-state index >= 15 is 0 Å². The van der Waals surface area contributed by atoms with Crippen LogP contribution in [-0.4, -0.2) is 65.2 Å². The largest absolute Gasteiger partial charge is 0.480 e. The molecule has 0 spiro atoms. The van der Waals surface area contributed by atoms with Crippen LogP contribution >= 0.6 is 11.8 Å². The monoisotopic (exact) mass is 496 g/mol. The molecular formula is C27H32N2O5S. The SMILES string of the molecule is O=C(NC(CCSCC(=O)N1CCCCCC1)C(=O)O)OCC1c2ccccc2-c2ccccc21. The van der Waals surface area contributed by atoms with E-state index in [4.69, 9.17) is 4.74 Å². The van der Waals surface area contributed by atoms with Crippen molar-refractivity contribution in [3.8, 4) is 11.1 Å². The number of rotatable bonds is 9. The number of carboxylic acids is 1. The molecule has 2 amide bonds. The summed E-state index contributed by atoms with van der Waals surface area (Å²) in [4.78, 5) is 38.4. The van der Waals surface area contributed by atoms with E-state index in [2.05, 4.69) is 17.4 Å². The first-order valence-corrected chi connectivity index (χ1v) is 13.4. The van der Waals surface area contributed by atoms with E-state index in [0.29, 0.717) is 11.5 Å². The lowest BCUT2D eigenvalue weighted by molar-refractivity contribution is -0.139. The molecule has 0 bridgehead atoms. The van der Waals surface area contributed by atoms with Gasteiger partial charge in [-0.3, -0.25) is 4.79 Å². The molecule has 1 heterocycles. The fourth-order valence-electron chi connectivity index (χ4n) is 4.81. The molecule has 1 saturated heterocycles. The second-order valence-electron chi connectivity index (χ2n) is 9.00. The summed E-state index contributed by atoms with van der Waals surface area (Å²) in [6.07, 6.45) is 3.89. The Morgan fingerprint density at radius 1 is 0.971 bits per heavy atom. The fourth-order valence-corrected chi connectivity index (χ4v) is 5.72. The highest BCUT2D eigenvalue weighted by Gasteiger charge is 2.29. The first kappa shape index (κ1) is 25.1. The molecule has 4 rings (SSSR count). The molecule has 1 atom stereocenters. The van der Waals surface area contributed by atoms with Gasteiger partial charge >= 0.3 is 12.1 Å². The fraction of sp³-hybridized carbons (Fsp3) is 0.444. The number of alkyl carbamates (subject to hydrolysis) is 1. The lowest BCUT2D eigenvalue weighted by Gasteiger charge is -2.20. The number of carboxylic acid groups (broad SMARTS) is 1. The molecular weight excluding hydrogens is 464 g/mol. The zero-order valence-electron chi connectivity index (χ0n) is 19.8. The average Bonchev–Trinajstić information content (AvgIpc) is 3.00. The molecule has 2 aromatic carbocycles. The number of carbonyl (C=O) groups is 3. The minimum atomic E-state index is -1.11. The second-order valence-corrected chi connectivity index (χ2v) is 10.1. The minimum Gasteiger partial charge on any atom is -0.480 e. The predicted octanol–water partition coefficient (Wildman–Crippen LogP) is 4.50. The summed E-state index contributed by atoms with van der Waals surface area (Å²) < 4.78 is 5.48. The van der Waals surface area contributed by atoms with Gasteiger partial charge in [-0.25, -0.2) is 9.59 Å². The van der Waals surface area contributed by atoms with Crippen molar-refractivity contribution in [2.24, 2.45) is 0 Å². The van der Waals surface area contributed by atoms with Gasteiger partial charge in [0.05, 0.1) is 5.75 Å². The molecule has 1 fully saturated rings. The molecule has 0 saturated carbocycles. The number of fused-ring (bicyclic) bond motifs is 3. The van der Waals surface area contributed by atoms with E-state index in [1.54, 1.807) is 0 Å². The van der Waals surface area contributed by atoms with Gasteiger partial charge in [-0.15, -0.1) is 0 Å². The number of carbonyl (C=O) groups excluding carboxylic acids is 2. The van der Waals surface area contributed by atoms with E-state index in [-0.39, 0.29) is 24.9 Å². The van der Waals surface area contributed by atoms with Crippen LogP contribution in [0, 0.1) is 0 Å². The summed E-state index contributed by atoms with van der Waals surface area (Å²) in [6.45, 7) is 1.74. The molecule has 0 radical (unpaired) electrons. The zero-order valence-corrected chi connectivity index (χ0v) is 20.6. The Balaban J connectivity index is 1.24. The van der Waals surface area contributed by atoms with Crippen LogP contribution < -0.4 is 5.32 Å². The molecule has 2 N–H and O–H groups in total. The van der Waals surface area contributed by atoms with Crippen LogP contribution in [0.4, 0.5) is 4.79 Å². The molecule has 8 heteroatoms. The van der Waals surface area contributed by atoms with Gasteiger partial charge in [-0.2, -0.15) is 11.8 Å². The number of ether oxygens (including phenoxy) is 1. The van der Waals surface area contributed by atoms with Crippen molar-refractivity contribution >= 4 is 29.7 Å². The Labute approximate surface area is 210 Å². The van der Waals surface area contributed by atoms with Crippen LogP contribution in [0.3, 0.4) is 0 Å². The van der Waals surface area contributed by atoms with Crippen LogP contribution in [0.5, 0.6) is 0 Å². The Kier molecular flexibility index (Phi) is 8.69. The molecule has 1 aliphatic heterocycles. The molecule has 0 aromatic heterocycles.